The molecule has 1 aliphatic heterocycles. The van der Waals surface area contributed by atoms with Crippen molar-refractivity contribution in [3.63, 3.8) is 0 Å². The predicted octanol–water partition coefficient (Wildman–Crippen LogP) is 2.11. The Balaban J connectivity index is 2.19. The topological polar surface area (TPSA) is 46.3 Å². The van der Waals surface area contributed by atoms with Crippen LogP contribution in [-0.2, 0) is 16.8 Å². The summed E-state index contributed by atoms with van der Waals surface area (Å²) in [6.07, 6.45) is 2.28. The van der Waals surface area contributed by atoms with Crippen molar-refractivity contribution in [1.29, 1.82) is 0 Å². The molecule has 17 heavy (non-hydrogen) atoms. The molecule has 1 saturated heterocycles. The Labute approximate surface area is 107 Å². The zero-order chi connectivity index (χ0) is 12.5. The van der Waals surface area contributed by atoms with Gasteiger partial charge in [0.05, 0.1) is 5.41 Å². The fourth-order valence-corrected chi connectivity index (χ4v) is 3.22. The molecular formula is C13H20N2OS. The Morgan fingerprint density at radius 1 is 1.41 bits per heavy atom. The average molecular weight is 252 g/mol. The van der Waals surface area contributed by atoms with Gasteiger partial charge in [-0.1, -0.05) is 0 Å². The molecule has 0 unspecified atom stereocenters. The van der Waals surface area contributed by atoms with Gasteiger partial charge in [0.2, 0.25) is 5.91 Å². The van der Waals surface area contributed by atoms with Crippen molar-refractivity contribution >= 4 is 17.2 Å². The molecule has 0 aliphatic carbocycles. The van der Waals surface area contributed by atoms with Crippen LogP contribution < -0.4 is 5.73 Å². The molecule has 2 N–H and O–H groups in total. The number of carbonyl (C=O) groups is 1. The Morgan fingerprint density at radius 3 is 2.59 bits per heavy atom. The maximum atomic E-state index is 12.5. The van der Waals surface area contributed by atoms with Crippen molar-refractivity contribution in [2.24, 2.45) is 5.73 Å². The molecule has 0 spiro atoms. The number of nitrogens with two attached hydrogens (primary N) is 1. The van der Waals surface area contributed by atoms with Crippen molar-refractivity contribution in [1.82, 2.24) is 4.90 Å². The van der Waals surface area contributed by atoms with Crippen LogP contribution in [0.15, 0.2) is 12.1 Å². The molecule has 0 radical (unpaired) electrons. The fourth-order valence-electron chi connectivity index (χ4n) is 2.24. The summed E-state index contributed by atoms with van der Waals surface area (Å²) in [7, 11) is 0. The third-order valence-electron chi connectivity index (χ3n) is 3.41. The fraction of sp³-hybridized carbons (Fsp3) is 0.615. The number of thiophene rings is 1. The third kappa shape index (κ3) is 2.38. The van der Waals surface area contributed by atoms with E-state index in [0.29, 0.717) is 6.54 Å². The molecule has 1 aliphatic rings. The van der Waals surface area contributed by atoms with Gasteiger partial charge in [0.1, 0.15) is 0 Å². The maximum absolute atomic E-state index is 12.5. The smallest absolute Gasteiger partial charge is 0.233 e. The molecule has 1 aromatic rings. The van der Waals surface area contributed by atoms with E-state index < -0.39 is 5.41 Å². The van der Waals surface area contributed by atoms with Gasteiger partial charge in [-0.15, -0.1) is 11.3 Å². The molecule has 3 nitrogen and oxygen atoms in total. The number of hydrogen-bond donors (Lipinski definition) is 1. The van der Waals surface area contributed by atoms with E-state index in [1.54, 1.807) is 11.3 Å². The van der Waals surface area contributed by atoms with Gasteiger partial charge in [0.25, 0.3) is 0 Å². The van der Waals surface area contributed by atoms with Crippen molar-refractivity contribution in [2.45, 2.75) is 38.6 Å². The standard InChI is InChI=1S/C13H20N2OS/c1-13(2,11-6-5-10(9-14)17-11)12(16)15-7-3-4-8-15/h5-6H,3-4,7-9,14H2,1-2H3. The van der Waals surface area contributed by atoms with Crippen LogP contribution in [0.5, 0.6) is 0 Å². The molecule has 0 bridgehead atoms. The molecular weight excluding hydrogens is 232 g/mol. The largest absolute Gasteiger partial charge is 0.342 e. The molecule has 94 valence electrons. The molecule has 2 rings (SSSR count). The van der Waals surface area contributed by atoms with Crippen molar-refractivity contribution in [3.05, 3.63) is 21.9 Å². The number of nitrogens with zero attached hydrogens (tertiary/aromatic N) is 1. The normalized spacial score (nSPS) is 16.5. The van der Waals surface area contributed by atoms with Crippen LogP contribution in [0.4, 0.5) is 0 Å². The van der Waals surface area contributed by atoms with E-state index in [0.717, 1.165) is 35.7 Å². The highest BCUT2D eigenvalue weighted by Crippen LogP contribution is 2.32. The van der Waals surface area contributed by atoms with Crippen LogP contribution in [0.25, 0.3) is 0 Å². The summed E-state index contributed by atoms with van der Waals surface area (Å²) in [5.74, 6) is 0.250. The molecule has 1 aromatic heterocycles. The molecule has 0 aromatic carbocycles. The summed E-state index contributed by atoms with van der Waals surface area (Å²) in [5, 5.41) is 0. The van der Waals surface area contributed by atoms with Crippen LogP contribution in [-0.4, -0.2) is 23.9 Å². The van der Waals surface area contributed by atoms with Crippen molar-refractivity contribution < 1.29 is 4.79 Å². The summed E-state index contributed by atoms with van der Waals surface area (Å²) in [4.78, 5) is 16.7. The van der Waals surface area contributed by atoms with Crippen LogP contribution >= 0.6 is 11.3 Å². The van der Waals surface area contributed by atoms with E-state index in [1.165, 1.54) is 0 Å². The lowest BCUT2D eigenvalue weighted by atomic mass is 9.89. The highest BCUT2D eigenvalue weighted by atomic mass is 32.1. The first-order chi connectivity index (χ1) is 8.05. The lowest BCUT2D eigenvalue weighted by molar-refractivity contribution is -0.135. The molecule has 1 fully saturated rings. The zero-order valence-corrected chi connectivity index (χ0v) is 11.3. The van der Waals surface area contributed by atoms with E-state index in [9.17, 15) is 4.79 Å². The van der Waals surface area contributed by atoms with Crippen LogP contribution in [0.1, 0.15) is 36.4 Å². The lowest BCUT2D eigenvalue weighted by Crippen LogP contribution is -2.41. The molecule has 0 saturated carbocycles. The Morgan fingerprint density at radius 2 is 2.06 bits per heavy atom. The van der Waals surface area contributed by atoms with Gasteiger partial charge in [-0.2, -0.15) is 0 Å². The maximum Gasteiger partial charge on any atom is 0.233 e. The number of likely N-dealkylation sites (tertiary alicyclic amines) is 1. The predicted molar refractivity (Wildman–Crippen MR) is 71.1 cm³/mol. The Bertz CT molecular complexity index is 405. The van der Waals surface area contributed by atoms with Gasteiger partial charge in [-0.25, -0.2) is 0 Å². The Kier molecular flexibility index (Phi) is 3.54. The number of carbonyl (C=O) groups excluding carboxylic acids is 1. The lowest BCUT2D eigenvalue weighted by Gasteiger charge is -2.28. The second-order valence-corrected chi connectivity index (χ2v) is 6.26. The van der Waals surface area contributed by atoms with E-state index in [1.807, 2.05) is 30.9 Å². The molecule has 4 heteroatoms. The first-order valence-electron chi connectivity index (χ1n) is 6.14. The molecule has 0 atom stereocenters. The van der Waals surface area contributed by atoms with Gasteiger partial charge >= 0.3 is 0 Å². The van der Waals surface area contributed by atoms with Gasteiger partial charge < -0.3 is 10.6 Å². The third-order valence-corrected chi connectivity index (χ3v) is 4.84. The first kappa shape index (κ1) is 12.6. The van der Waals surface area contributed by atoms with E-state index in [-0.39, 0.29) is 5.91 Å². The number of amides is 1. The quantitative estimate of drug-likeness (QED) is 0.895. The first-order valence-corrected chi connectivity index (χ1v) is 6.96. The highest BCUT2D eigenvalue weighted by Gasteiger charge is 2.35. The van der Waals surface area contributed by atoms with Crippen LogP contribution in [0, 0.1) is 0 Å². The minimum atomic E-state index is -0.414. The van der Waals surface area contributed by atoms with Crippen LogP contribution in [0.3, 0.4) is 0 Å². The monoisotopic (exact) mass is 252 g/mol. The van der Waals surface area contributed by atoms with Crippen LogP contribution in [0.2, 0.25) is 0 Å². The SMILES string of the molecule is CC(C)(C(=O)N1CCCC1)c1ccc(CN)s1. The minimum Gasteiger partial charge on any atom is -0.342 e. The average Bonchev–Trinajstić information content (AvgIpc) is 2.98. The van der Waals surface area contributed by atoms with Gasteiger partial charge in [-0.3, -0.25) is 4.79 Å². The van der Waals surface area contributed by atoms with Gasteiger partial charge in [-0.05, 0) is 38.8 Å². The molecule has 1 amide bonds. The van der Waals surface area contributed by atoms with E-state index >= 15 is 0 Å². The summed E-state index contributed by atoms with van der Waals surface area (Å²) < 4.78 is 0. The Hall–Kier alpha value is -0.870. The second kappa shape index (κ2) is 4.78. The van der Waals surface area contributed by atoms with Gasteiger partial charge in [0.15, 0.2) is 0 Å². The summed E-state index contributed by atoms with van der Waals surface area (Å²) in [6, 6.07) is 4.07. The summed E-state index contributed by atoms with van der Waals surface area (Å²) >= 11 is 1.65. The van der Waals surface area contributed by atoms with E-state index in [4.69, 9.17) is 5.73 Å². The van der Waals surface area contributed by atoms with Gasteiger partial charge in [0, 0.05) is 29.4 Å². The minimum absolute atomic E-state index is 0.250. The highest BCUT2D eigenvalue weighted by molar-refractivity contribution is 7.12. The van der Waals surface area contributed by atoms with E-state index in [2.05, 4.69) is 0 Å². The zero-order valence-electron chi connectivity index (χ0n) is 10.5. The number of rotatable bonds is 3. The van der Waals surface area contributed by atoms with Crippen molar-refractivity contribution in [3.8, 4) is 0 Å². The summed E-state index contributed by atoms with van der Waals surface area (Å²) in [6.45, 7) is 6.41. The summed E-state index contributed by atoms with van der Waals surface area (Å²) in [5.41, 5.74) is 5.21. The second-order valence-electron chi connectivity index (χ2n) is 5.09. The molecule has 2 heterocycles. The van der Waals surface area contributed by atoms with Crippen molar-refractivity contribution in [2.75, 3.05) is 13.1 Å². The number of hydrogen-bond acceptors (Lipinski definition) is 3.